The number of nitrogens with two attached hydrogens (primary N) is 1. The average molecular weight is 325 g/mol. The number of amides is 1. The third-order valence-corrected chi connectivity index (χ3v) is 4.48. The van der Waals surface area contributed by atoms with E-state index in [-0.39, 0.29) is 5.91 Å². The molecule has 2 N–H and O–H groups in total. The summed E-state index contributed by atoms with van der Waals surface area (Å²) in [6.07, 6.45) is 0.997. The van der Waals surface area contributed by atoms with Crippen LogP contribution in [0.3, 0.4) is 0 Å². The molecule has 1 aromatic rings. The molecule has 0 aromatic heterocycles. The van der Waals surface area contributed by atoms with Crippen molar-refractivity contribution in [1.29, 1.82) is 0 Å². The van der Waals surface area contributed by atoms with E-state index in [0.29, 0.717) is 11.6 Å². The van der Waals surface area contributed by atoms with Crippen molar-refractivity contribution in [3.8, 4) is 0 Å². The normalized spacial score (nSPS) is 17.2. The number of hydrogen-bond acceptors (Lipinski definition) is 2. The summed E-state index contributed by atoms with van der Waals surface area (Å²) in [5, 5.41) is 0. The quantitative estimate of drug-likeness (QED) is 0.861. The SMILES string of the molecule is CC(C)CCN1C(=O)C(C)(C)c2cc(Br)c(N)cc21. The van der Waals surface area contributed by atoms with Crippen molar-refractivity contribution in [2.75, 3.05) is 17.2 Å². The van der Waals surface area contributed by atoms with E-state index in [0.717, 1.165) is 28.7 Å². The Bertz CT molecular complexity index is 523. The van der Waals surface area contributed by atoms with Gasteiger partial charge in [0, 0.05) is 16.7 Å². The Hall–Kier alpha value is -1.03. The molecule has 1 aromatic carbocycles. The van der Waals surface area contributed by atoms with Gasteiger partial charge < -0.3 is 10.6 Å². The van der Waals surface area contributed by atoms with E-state index in [4.69, 9.17) is 5.73 Å². The second-order valence-electron chi connectivity index (χ2n) is 6.16. The van der Waals surface area contributed by atoms with Crippen LogP contribution in [0.25, 0.3) is 0 Å². The molecule has 0 saturated heterocycles. The molecule has 0 aliphatic carbocycles. The van der Waals surface area contributed by atoms with Gasteiger partial charge in [-0.1, -0.05) is 13.8 Å². The summed E-state index contributed by atoms with van der Waals surface area (Å²) in [6.45, 7) is 9.05. The Morgan fingerprint density at radius 1 is 1.37 bits per heavy atom. The molecule has 104 valence electrons. The third kappa shape index (κ3) is 2.38. The maximum Gasteiger partial charge on any atom is 0.237 e. The smallest absolute Gasteiger partial charge is 0.237 e. The molecule has 0 atom stereocenters. The van der Waals surface area contributed by atoms with E-state index >= 15 is 0 Å². The fourth-order valence-electron chi connectivity index (χ4n) is 2.47. The minimum absolute atomic E-state index is 0.167. The number of hydrogen-bond donors (Lipinski definition) is 1. The van der Waals surface area contributed by atoms with Crippen molar-refractivity contribution in [2.45, 2.75) is 39.5 Å². The van der Waals surface area contributed by atoms with Gasteiger partial charge in [0.05, 0.1) is 11.1 Å². The standard InChI is InChI=1S/C15H21BrN2O/c1-9(2)5-6-18-13-8-12(17)11(16)7-10(13)15(3,4)14(18)19/h7-9H,5-6,17H2,1-4H3. The molecule has 2 rings (SSSR count). The summed E-state index contributed by atoms with van der Waals surface area (Å²) >= 11 is 3.45. The van der Waals surface area contributed by atoms with Crippen LogP contribution < -0.4 is 10.6 Å². The van der Waals surface area contributed by atoms with Crippen molar-refractivity contribution in [1.82, 2.24) is 0 Å². The lowest BCUT2D eigenvalue weighted by molar-refractivity contribution is -0.122. The zero-order valence-corrected chi connectivity index (χ0v) is 13.5. The first-order chi connectivity index (χ1) is 8.75. The Balaban J connectivity index is 2.45. The Labute approximate surface area is 123 Å². The molecule has 0 fully saturated rings. The predicted octanol–water partition coefficient (Wildman–Crippen LogP) is 3.70. The van der Waals surface area contributed by atoms with Crippen LogP contribution in [0.2, 0.25) is 0 Å². The van der Waals surface area contributed by atoms with Crippen molar-refractivity contribution < 1.29 is 4.79 Å². The topological polar surface area (TPSA) is 46.3 Å². The summed E-state index contributed by atoms with van der Waals surface area (Å²) in [6, 6.07) is 3.89. The van der Waals surface area contributed by atoms with E-state index < -0.39 is 5.41 Å². The van der Waals surface area contributed by atoms with Crippen molar-refractivity contribution in [3.05, 3.63) is 22.2 Å². The fourth-order valence-corrected chi connectivity index (χ4v) is 2.82. The zero-order valence-electron chi connectivity index (χ0n) is 12.0. The lowest BCUT2D eigenvalue weighted by Gasteiger charge is -2.21. The third-order valence-electron chi connectivity index (χ3n) is 3.79. The number of benzene rings is 1. The summed E-state index contributed by atoms with van der Waals surface area (Å²) in [5.74, 6) is 0.744. The summed E-state index contributed by atoms with van der Waals surface area (Å²) < 4.78 is 0.859. The van der Waals surface area contributed by atoms with E-state index in [1.807, 2.05) is 30.9 Å². The van der Waals surface area contributed by atoms with Crippen LogP contribution in [0.5, 0.6) is 0 Å². The van der Waals surface area contributed by atoms with Crippen LogP contribution >= 0.6 is 15.9 Å². The molecule has 1 amide bonds. The number of halogens is 1. The number of nitrogen functional groups attached to an aromatic ring is 1. The Morgan fingerprint density at radius 3 is 2.58 bits per heavy atom. The fraction of sp³-hybridized carbons (Fsp3) is 0.533. The zero-order chi connectivity index (χ0) is 14.4. The first-order valence-electron chi connectivity index (χ1n) is 6.66. The van der Waals surface area contributed by atoms with E-state index in [1.165, 1.54) is 0 Å². The lowest BCUT2D eigenvalue weighted by Crippen LogP contribution is -2.37. The average Bonchev–Trinajstić information content (AvgIpc) is 2.48. The first kappa shape index (κ1) is 14.4. The van der Waals surface area contributed by atoms with E-state index in [9.17, 15) is 4.79 Å². The molecule has 3 nitrogen and oxygen atoms in total. The van der Waals surface area contributed by atoms with Gasteiger partial charge in [-0.25, -0.2) is 0 Å². The van der Waals surface area contributed by atoms with Gasteiger partial charge in [-0.15, -0.1) is 0 Å². The number of carbonyl (C=O) groups excluding carboxylic acids is 1. The number of rotatable bonds is 3. The highest BCUT2D eigenvalue weighted by Crippen LogP contribution is 2.44. The number of fused-ring (bicyclic) bond motifs is 1. The van der Waals surface area contributed by atoms with E-state index in [2.05, 4.69) is 29.8 Å². The van der Waals surface area contributed by atoms with Crippen LogP contribution in [0.15, 0.2) is 16.6 Å². The molecule has 4 heteroatoms. The van der Waals surface area contributed by atoms with Gasteiger partial charge in [-0.05, 0) is 59.8 Å². The first-order valence-corrected chi connectivity index (χ1v) is 7.46. The summed E-state index contributed by atoms with van der Waals surface area (Å²) in [5.41, 5.74) is 8.20. The molecule has 1 heterocycles. The van der Waals surface area contributed by atoms with Crippen LogP contribution in [-0.4, -0.2) is 12.5 Å². The second-order valence-corrected chi connectivity index (χ2v) is 7.01. The number of carbonyl (C=O) groups is 1. The maximum atomic E-state index is 12.6. The highest BCUT2D eigenvalue weighted by Gasteiger charge is 2.43. The Morgan fingerprint density at radius 2 is 2.00 bits per heavy atom. The molecule has 0 spiro atoms. The molecule has 19 heavy (non-hydrogen) atoms. The molecule has 0 saturated carbocycles. The van der Waals surface area contributed by atoms with Gasteiger partial charge in [0.1, 0.15) is 0 Å². The predicted molar refractivity (Wildman–Crippen MR) is 83.4 cm³/mol. The lowest BCUT2D eigenvalue weighted by atomic mass is 9.86. The van der Waals surface area contributed by atoms with Crippen molar-refractivity contribution >= 4 is 33.2 Å². The van der Waals surface area contributed by atoms with Gasteiger partial charge >= 0.3 is 0 Å². The molecule has 0 unspecified atom stereocenters. The summed E-state index contributed by atoms with van der Waals surface area (Å²) in [4.78, 5) is 14.5. The summed E-state index contributed by atoms with van der Waals surface area (Å²) in [7, 11) is 0. The molecular formula is C15H21BrN2O. The van der Waals surface area contributed by atoms with Crippen molar-refractivity contribution in [2.24, 2.45) is 5.92 Å². The van der Waals surface area contributed by atoms with Crippen LogP contribution in [-0.2, 0) is 10.2 Å². The number of nitrogens with zero attached hydrogens (tertiary/aromatic N) is 1. The van der Waals surface area contributed by atoms with Crippen LogP contribution in [0.4, 0.5) is 11.4 Å². The van der Waals surface area contributed by atoms with Gasteiger partial charge in [0.15, 0.2) is 0 Å². The molecule has 1 aliphatic rings. The Kier molecular flexibility index (Phi) is 3.65. The molecule has 0 bridgehead atoms. The molecular weight excluding hydrogens is 304 g/mol. The number of anilines is 2. The van der Waals surface area contributed by atoms with Crippen molar-refractivity contribution in [3.63, 3.8) is 0 Å². The monoisotopic (exact) mass is 324 g/mol. The van der Waals surface area contributed by atoms with Gasteiger partial charge in [0.25, 0.3) is 0 Å². The maximum absolute atomic E-state index is 12.6. The van der Waals surface area contributed by atoms with Gasteiger partial charge in [0.2, 0.25) is 5.91 Å². The minimum atomic E-state index is -0.470. The second kappa shape index (κ2) is 4.82. The van der Waals surface area contributed by atoms with Crippen LogP contribution in [0, 0.1) is 5.92 Å². The highest BCUT2D eigenvalue weighted by molar-refractivity contribution is 9.10. The van der Waals surface area contributed by atoms with Gasteiger partial charge in [-0.3, -0.25) is 4.79 Å². The molecule has 1 aliphatic heterocycles. The minimum Gasteiger partial charge on any atom is -0.398 e. The van der Waals surface area contributed by atoms with E-state index in [1.54, 1.807) is 0 Å². The highest BCUT2D eigenvalue weighted by atomic mass is 79.9. The largest absolute Gasteiger partial charge is 0.398 e. The van der Waals surface area contributed by atoms with Crippen LogP contribution in [0.1, 0.15) is 39.7 Å². The van der Waals surface area contributed by atoms with Gasteiger partial charge in [-0.2, -0.15) is 0 Å². The molecule has 0 radical (unpaired) electrons.